The van der Waals surface area contributed by atoms with Gasteiger partial charge in [-0.15, -0.1) is 11.6 Å². The molecule has 37 heavy (non-hydrogen) atoms. The molecule has 0 aromatic heterocycles. The number of hydrogen-bond acceptors (Lipinski definition) is 7. The van der Waals surface area contributed by atoms with Gasteiger partial charge < -0.3 is 25.0 Å². The van der Waals surface area contributed by atoms with Crippen LogP contribution in [0.4, 0.5) is 17.1 Å². The maximum atomic E-state index is 13.6. The van der Waals surface area contributed by atoms with Crippen LogP contribution in [0, 0.1) is 5.41 Å². The van der Waals surface area contributed by atoms with Crippen molar-refractivity contribution in [3.63, 3.8) is 0 Å². The minimum absolute atomic E-state index is 0.0945. The van der Waals surface area contributed by atoms with Crippen molar-refractivity contribution in [1.29, 1.82) is 5.41 Å². The zero-order valence-electron chi connectivity index (χ0n) is 20.9. The van der Waals surface area contributed by atoms with Crippen LogP contribution in [0.15, 0.2) is 59.8 Å². The fraction of sp³-hybridized carbons (Fsp3) is 0.333. The maximum Gasteiger partial charge on any atom is 0.356 e. The van der Waals surface area contributed by atoms with Gasteiger partial charge >= 0.3 is 5.97 Å². The Morgan fingerprint density at radius 2 is 1.73 bits per heavy atom. The highest BCUT2D eigenvalue weighted by Crippen LogP contribution is 2.29. The quantitative estimate of drug-likeness (QED) is 0.159. The number of carbonyl (C=O) groups is 3. The predicted molar refractivity (Wildman–Crippen MR) is 145 cm³/mol. The Hall–Kier alpha value is -3.85. The highest BCUT2D eigenvalue weighted by molar-refractivity contribution is 6.43. The molecule has 1 aliphatic heterocycles. The third-order valence-electron chi connectivity index (χ3n) is 5.74. The second-order valence-corrected chi connectivity index (χ2v) is 8.63. The van der Waals surface area contributed by atoms with Crippen molar-refractivity contribution < 1.29 is 23.9 Å². The number of alkyl halides is 1. The fourth-order valence-electron chi connectivity index (χ4n) is 3.81. The van der Waals surface area contributed by atoms with Crippen molar-refractivity contribution in [2.45, 2.75) is 32.6 Å². The first kappa shape index (κ1) is 27.7. The van der Waals surface area contributed by atoms with Crippen LogP contribution in [0.25, 0.3) is 0 Å². The number of nitrogens with one attached hydrogen (secondary N) is 3. The van der Waals surface area contributed by atoms with Crippen molar-refractivity contribution in [1.82, 2.24) is 0 Å². The molecular formula is C27H31ClN4O5. The molecule has 0 radical (unpaired) electrons. The lowest BCUT2D eigenvalue weighted by Crippen LogP contribution is -2.41. The van der Waals surface area contributed by atoms with E-state index in [1.807, 2.05) is 0 Å². The summed E-state index contributed by atoms with van der Waals surface area (Å²) in [6, 6.07) is 13.9. The second kappa shape index (κ2) is 13.5. The molecule has 1 heterocycles. The Morgan fingerprint density at radius 3 is 2.35 bits per heavy atom. The molecule has 10 heteroatoms. The highest BCUT2D eigenvalue weighted by atomic mass is 35.5. The molecule has 0 atom stereocenters. The van der Waals surface area contributed by atoms with E-state index in [4.69, 9.17) is 26.5 Å². The molecule has 3 rings (SSSR count). The smallest absolute Gasteiger partial charge is 0.356 e. The van der Waals surface area contributed by atoms with E-state index in [1.165, 1.54) is 0 Å². The Kier molecular flexibility index (Phi) is 10.1. The molecule has 2 aromatic rings. The lowest BCUT2D eigenvalue weighted by atomic mass is 9.98. The summed E-state index contributed by atoms with van der Waals surface area (Å²) in [5, 5.41) is 14.3. The molecule has 196 valence electrons. The van der Waals surface area contributed by atoms with Gasteiger partial charge in [0.25, 0.3) is 5.91 Å². The average molecular weight is 527 g/mol. The van der Waals surface area contributed by atoms with E-state index in [0.29, 0.717) is 35.1 Å². The second-order valence-electron chi connectivity index (χ2n) is 8.25. The highest BCUT2D eigenvalue weighted by Gasteiger charge is 2.32. The van der Waals surface area contributed by atoms with Crippen LogP contribution in [0.2, 0.25) is 0 Å². The topological polar surface area (TPSA) is 121 Å². The number of amides is 2. The maximum absolute atomic E-state index is 13.6. The third kappa shape index (κ3) is 7.33. The molecule has 0 unspecified atom stereocenters. The Balaban J connectivity index is 1.83. The summed E-state index contributed by atoms with van der Waals surface area (Å²) in [5.41, 5.74) is 1.93. The van der Waals surface area contributed by atoms with Crippen molar-refractivity contribution >= 4 is 52.2 Å². The zero-order valence-corrected chi connectivity index (χ0v) is 21.7. The molecule has 0 fully saturated rings. The first-order chi connectivity index (χ1) is 17.9. The number of halogens is 1. The van der Waals surface area contributed by atoms with Gasteiger partial charge in [-0.2, -0.15) is 0 Å². The van der Waals surface area contributed by atoms with Gasteiger partial charge in [0.15, 0.2) is 0 Å². The molecule has 0 bridgehead atoms. The summed E-state index contributed by atoms with van der Waals surface area (Å²) in [6.07, 6.45) is 2.16. The summed E-state index contributed by atoms with van der Waals surface area (Å²) in [4.78, 5) is 39.6. The SMILES string of the molecule is CCOC(=O)C(=N)C1=C(Nc2ccc(OC)cc2)C(=O)N(c2ccc(NC(=O)CCCCCl)cc2)CC1. The summed E-state index contributed by atoms with van der Waals surface area (Å²) in [7, 11) is 1.56. The van der Waals surface area contributed by atoms with Crippen LogP contribution >= 0.6 is 11.6 Å². The van der Waals surface area contributed by atoms with Gasteiger partial charge in [-0.3, -0.25) is 15.0 Å². The van der Waals surface area contributed by atoms with Crippen LogP contribution < -0.4 is 20.3 Å². The molecule has 2 aromatic carbocycles. The third-order valence-corrected chi connectivity index (χ3v) is 6.00. The molecule has 0 saturated heterocycles. The van der Waals surface area contributed by atoms with Gasteiger partial charge in [0.05, 0.1) is 13.7 Å². The van der Waals surface area contributed by atoms with E-state index < -0.39 is 5.97 Å². The predicted octanol–water partition coefficient (Wildman–Crippen LogP) is 4.73. The van der Waals surface area contributed by atoms with Gasteiger partial charge in [-0.05, 0) is 74.7 Å². The molecule has 0 saturated carbocycles. The molecule has 3 N–H and O–H groups in total. The number of hydrogen-bond donors (Lipinski definition) is 3. The number of anilines is 3. The molecule has 2 amide bonds. The van der Waals surface area contributed by atoms with Gasteiger partial charge in [0.2, 0.25) is 5.91 Å². The number of unbranched alkanes of at least 4 members (excludes halogenated alkanes) is 1. The number of rotatable bonds is 12. The van der Waals surface area contributed by atoms with Gasteiger partial charge in [0.1, 0.15) is 17.2 Å². The van der Waals surface area contributed by atoms with Gasteiger partial charge in [-0.25, -0.2) is 4.79 Å². The number of carbonyl (C=O) groups excluding carboxylic acids is 3. The summed E-state index contributed by atoms with van der Waals surface area (Å²) >= 11 is 5.66. The normalized spacial score (nSPS) is 13.3. The summed E-state index contributed by atoms with van der Waals surface area (Å²) < 4.78 is 10.2. The van der Waals surface area contributed by atoms with Gasteiger partial charge in [0, 0.05) is 41.5 Å². The van der Waals surface area contributed by atoms with Crippen molar-refractivity contribution in [3.05, 3.63) is 59.8 Å². The van der Waals surface area contributed by atoms with Crippen LogP contribution in [0.3, 0.4) is 0 Å². The van der Waals surface area contributed by atoms with E-state index >= 15 is 0 Å². The van der Waals surface area contributed by atoms with Crippen molar-refractivity contribution in [2.75, 3.05) is 41.7 Å². The fourth-order valence-corrected chi connectivity index (χ4v) is 4.00. The lowest BCUT2D eigenvalue weighted by Gasteiger charge is -2.31. The number of nitrogens with zero attached hydrogens (tertiary/aromatic N) is 1. The molecule has 1 aliphatic rings. The molecule has 9 nitrogen and oxygen atoms in total. The average Bonchev–Trinajstić information content (AvgIpc) is 2.90. The van der Waals surface area contributed by atoms with E-state index in [2.05, 4.69) is 10.6 Å². The Morgan fingerprint density at radius 1 is 1.05 bits per heavy atom. The minimum Gasteiger partial charge on any atom is -0.497 e. The first-order valence-electron chi connectivity index (χ1n) is 12.1. The van der Waals surface area contributed by atoms with Gasteiger partial charge in [-0.1, -0.05) is 0 Å². The van der Waals surface area contributed by atoms with Crippen LogP contribution in [-0.4, -0.2) is 49.6 Å². The van der Waals surface area contributed by atoms with E-state index in [0.717, 1.165) is 12.8 Å². The van der Waals surface area contributed by atoms with E-state index in [1.54, 1.807) is 67.5 Å². The van der Waals surface area contributed by atoms with Crippen molar-refractivity contribution in [3.8, 4) is 5.75 Å². The minimum atomic E-state index is -0.779. The number of ether oxygens (including phenoxy) is 2. The van der Waals surface area contributed by atoms with Crippen molar-refractivity contribution in [2.24, 2.45) is 0 Å². The number of methoxy groups -OCH3 is 1. The number of esters is 1. The Bertz CT molecular complexity index is 1160. The summed E-state index contributed by atoms with van der Waals surface area (Å²) in [6.45, 7) is 2.06. The monoisotopic (exact) mass is 526 g/mol. The largest absolute Gasteiger partial charge is 0.497 e. The Labute approximate surface area is 221 Å². The molecule has 0 spiro atoms. The lowest BCUT2D eigenvalue weighted by molar-refractivity contribution is -0.135. The van der Waals surface area contributed by atoms with E-state index in [-0.39, 0.29) is 48.4 Å². The van der Waals surface area contributed by atoms with Crippen LogP contribution in [0.5, 0.6) is 5.75 Å². The molecule has 0 aliphatic carbocycles. The van der Waals surface area contributed by atoms with Crippen LogP contribution in [0.1, 0.15) is 32.6 Å². The number of benzene rings is 2. The standard InChI is InChI=1S/C27H31ClN4O5/c1-3-37-27(35)24(29)22-15-17-32(26(34)25(22)31-19-9-13-21(36-2)14-10-19)20-11-7-18(8-12-20)30-23(33)6-4-5-16-28/h7-14,29,31H,3-6,15-17H2,1-2H3,(H,30,33). The zero-order chi connectivity index (χ0) is 26.8. The van der Waals surface area contributed by atoms with Crippen LogP contribution in [-0.2, 0) is 19.1 Å². The van der Waals surface area contributed by atoms with E-state index in [9.17, 15) is 14.4 Å². The summed E-state index contributed by atoms with van der Waals surface area (Å²) in [5.74, 6) is -0.0796. The molecular weight excluding hydrogens is 496 g/mol. The first-order valence-corrected chi connectivity index (χ1v) is 12.6.